The van der Waals surface area contributed by atoms with Crippen molar-refractivity contribution in [3.8, 4) is 0 Å². The van der Waals surface area contributed by atoms with Gasteiger partial charge in [0.05, 0.1) is 9.83 Å². The molecule has 0 aliphatic heterocycles. The van der Waals surface area contributed by atoms with Crippen LogP contribution in [0, 0.1) is 13.8 Å². The molecule has 0 fully saturated rings. The Labute approximate surface area is 138 Å². The first-order valence-corrected chi connectivity index (χ1v) is 8.82. The highest BCUT2D eigenvalue weighted by Crippen LogP contribution is 2.34. The van der Waals surface area contributed by atoms with Crippen molar-refractivity contribution >= 4 is 38.9 Å². The Bertz CT molecular complexity index is 594. The molecular formula is C16H19BrClNS. The first kappa shape index (κ1) is 16.0. The van der Waals surface area contributed by atoms with Crippen LogP contribution in [0.4, 0.5) is 0 Å². The molecule has 0 aliphatic rings. The smallest absolute Gasteiger partial charge is 0.0701 e. The van der Waals surface area contributed by atoms with Gasteiger partial charge in [-0.05, 0) is 82.5 Å². The Hall–Kier alpha value is -0.350. The lowest BCUT2D eigenvalue weighted by Gasteiger charge is -2.20. The Morgan fingerprint density at radius 1 is 1.25 bits per heavy atom. The molecule has 0 spiro atoms. The number of hydrogen-bond acceptors (Lipinski definition) is 2. The lowest BCUT2D eigenvalue weighted by Crippen LogP contribution is -2.23. The van der Waals surface area contributed by atoms with Crippen LogP contribution in [0.25, 0.3) is 0 Å². The van der Waals surface area contributed by atoms with Crippen LogP contribution in [0.3, 0.4) is 0 Å². The van der Waals surface area contributed by atoms with Crippen LogP contribution in [0.15, 0.2) is 27.4 Å². The van der Waals surface area contributed by atoms with Crippen molar-refractivity contribution in [3.63, 3.8) is 0 Å². The third-order valence-electron chi connectivity index (χ3n) is 3.44. The average Bonchev–Trinajstić information content (AvgIpc) is 2.82. The van der Waals surface area contributed by atoms with Gasteiger partial charge >= 0.3 is 0 Å². The topological polar surface area (TPSA) is 12.0 Å². The number of benzene rings is 1. The van der Waals surface area contributed by atoms with E-state index >= 15 is 0 Å². The normalized spacial score (nSPS) is 12.7. The predicted molar refractivity (Wildman–Crippen MR) is 93.1 cm³/mol. The van der Waals surface area contributed by atoms with Crippen molar-refractivity contribution in [1.82, 2.24) is 5.32 Å². The quantitative estimate of drug-likeness (QED) is 0.692. The second-order valence-corrected chi connectivity index (χ2v) is 7.73. The third kappa shape index (κ3) is 3.64. The van der Waals surface area contributed by atoms with Gasteiger partial charge in [-0.25, -0.2) is 0 Å². The molecule has 1 nitrogen and oxygen atoms in total. The molecule has 4 heteroatoms. The molecule has 0 saturated carbocycles. The van der Waals surface area contributed by atoms with E-state index in [1.807, 2.05) is 0 Å². The SMILES string of the molecule is CCCNC(c1csc(Br)c1)c1cc(C)c(C)cc1Cl. The van der Waals surface area contributed by atoms with Crippen molar-refractivity contribution in [2.24, 2.45) is 0 Å². The van der Waals surface area contributed by atoms with Crippen LogP contribution >= 0.6 is 38.9 Å². The van der Waals surface area contributed by atoms with Gasteiger partial charge in [0.15, 0.2) is 0 Å². The number of rotatable bonds is 5. The fraction of sp³-hybridized carbons (Fsp3) is 0.375. The number of aryl methyl sites for hydroxylation is 2. The van der Waals surface area contributed by atoms with Crippen molar-refractivity contribution in [2.75, 3.05) is 6.54 Å². The molecule has 2 rings (SSSR count). The minimum absolute atomic E-state index is 0.157. The second kappa shape index (κ2) is 7.08. The fourth-order valence-electron chi connectivity index (χ4n) is 2.20. The summed E-state index contributed by atoms with van der Waals surface area (Å²) in [6, 6.07) is 6.60. The lowest BCUT2D eigenvalue weighted by molar-refractivity contribution is 0.599. The standard InChI is InChI=1S/C16H19BrClNS/c1-4-5-19-16(12-8-15(17)20-9-12)13-6-10(2)11(3)7-14(13)18/h6-9,16,19H,4-5H2,1-3H3. The molecule has 1 unspecified atom stereocenters. The molecule has 1 aromatic heterocycles. The summed E-state index contributed by atoms with van der Waals surface area (Å²) >= 11 is 11.7. The minimum atomic E-state index is 0.157. The highest BCUT2D eigenvalue weighted by Gasteiger charge is 2.18. The van der Waals surface area contributed by atoms with Gasteiger partial charge in [-0.15, -0.1) is 11.3 Å². The van der Waals surface area contributed by atoms with Gasteiger partial charge in [0, 0.05) is 5.02 Å². The molecule has 1 atom stereocenters. The Kier molecular flexibility index (Phi) is 5.67. The van der Waals surface area contributed by atoms with Gasteiger partial charge in [-0.1, -0.05) is 24.6 Å². The van der Waals surface area contributed by atoms with Crippen molar-refractivity contribution < 1.29 is 0 Å². The lowest BCUT2D eigenvalue weighted by atomic mass is 9.97. The van der Waals surface area contributed by atoms with Gasteiger partial charge in [0.1, 0.15) is 0 Å². The first-order chi connectivity index (χ1) is 9.52. The van der Waals surface area contributed by atoms with E-state index in [0.717, 1.165) is 27.3 Å². The summed E-state index contributed by atoms with van der Waals surface area (Å²) in [5, 5.41) is 6.62. The van der Waals surface area contributed by atoms with E-state index in [-0.39, 0.29) is 6.04 Å². The van der Waals surface area contributed by atoms with Crippen LogP contribution < -0.4 is 5.32 Å². The average molecular weight is 373 g/mol. The molecule has 1 aromatic carbocycles. The zero-order valence-electron chi connectivity index (χ0n) is 12.0. The molecule has 0 aliphatic carbocycles. The van der Waals surface area contributed by atoms with Crippen LogP contribution in [0.1, 0.15) is 41.6 Å². The molecule has 1 N–H and O–H groups in total. The van der Waals surface area contributed by atoms with Gasteiger partial charge in [-0.3, -0.25) is 0 Å². The maximum Gasteiger partial charge on any atom is 0.0701 e. The second-order valence-electron chi connectivity index (χ2n) is 5.03. The fourth-order valence-corrected chi connectivity index (χ4v) is 3.72. The van der Waals surface area contributed by atoms with Gasteiger partial charge < -0.3 is 5.32 Å². The molecule has 108 valence electrons. The monoisotopic (exact) mass is 371 g/mol. The first-order valence-electron chi connectivity index (χ1n) is 6.77. The Balaban J connectivity index is 2.43. The van der Waals surface area contributed by atoms with Gasteiger partial charge in [0.25, 0.3) is 0 Å². The highest BCUT2D eigenvalue weighted by atomic mass is 79.9. The van der Waals surface area contributed by atoms with E-state index in [9.17, 15) is 0 Å². The molecular weight excluding hydrogens is 354 g/mol. The minimum Gasteiger partial charge on any atom is -0.306 e. The summed E-state index contributed by atoms with van der Waals surface area (Å²) in [5.74, 6) is 0. The van der Waals surface area contributed by atoms with E-state index in [0.29, 0.717) is 0 Å². The van der Waals surface area contributed by atoms with Crippen molar-refractivity contribution in [1.29, 1.82) is 0 Å². The molecule has 0 amide bonds. The van der Waals surface area contributed by atoms with E-state index in [1.165, 1.54) is 16.7 Å². The molecule has 0 bridgehead atoms. The molecule has 0 radical (unpaired) electrons. The zero-order valence-corrected chi connectivity index (χ0v) is 15.1. The summed E-state index contributed by atoms with van der Waals surface area (Å²) in [5.41, 5.74) is 4.94. The van der Waals surface area contributed by atoms with Crippen LogP contribution in [-0.4, -0.2) is 6.54 Å². The zero-order chi connectivity index (χ0) is 14.7. The van der Waals surface area contributed by atoms with Crippen molar-refractivity contribution in [3.05, 3.63) is 54.6 Å². The summed E-state index contributed by atoms with van der Waals surface area (Å²) in [4.78, 5) is 0. The van der Waals surface area contributed by atoms with E-state index in [2.05, 4.69) is 65.6 Å². The molecule has 20 heavy (non-hydrogen) atoms. The van der Waals surface area contributed by atoms with E-state index in [4.69, 9.17) is 11.6 Å². The maximum atomic E-state index is 6.48. The van der Waals surface area contributed by atoms with Gasteiger partial charge in [0.2, 0.25) is 0 Å². The summed E-state index contributed by atoms with van der Waals surface area (Å²) in [6.45, 7) is 7.38. The molecule has 1 heterocycles. The van der Waals surface area contributed by atoms with Crippen molar-refractivity contribution in [2.45, 2.75) is 33.2 Å². The predicted octanol–water partition coefficient (Wildman–Crippen LogP) is 5.87. The summed E-state index contributed by atoms with van der Waals surface area (Å²) in [6.07, 6.45) is 1.10. The van der Waals surface area contributed by atoms with Crippen LogP contribution in [0.5, 0.6) is 0 Å². The number of thiophene rings is 1. The Morgan fingerprint density at radius 2 is 1.95 bits per heavy atom. The summed E-state index contributed by atoms with van der Waals surface area (Å²) in [7, 11) is 0. The third-order valence-corrected chi connectivity index (χ3v) is 5.29. The Morgan fingerprint density at radius 3 is 2.55 bits per heavy atom. The highest BCUT2D eigenvalue weighted by molar-refractivity contribution is 9.11. The maximum absolute atomic E-state index is 6.48. The largest absolute Gasteiger partial charge is 0.306 e. The molecule has 0 saturated heterocycles. The number of hydrogen-bond donors (Lipinski definition) is 1. The summed E-state index contributed by atoms with van der Waals surface area (Å²) < 4.78 is 1.15. The number of halogens is 2. The number of nitrogens with one attached hydrogen (secondary N) is 1. The van der Waals surface area contributed by atoms with Crippen LogP contribution in [-0.2, 0) is 0 Å². The molecule has 2 aromatic rings. The van der Waals surface area contributed by atoms with E-state index in [1.54, 1.807) is 11.3 Å². The van der Waals surface area contributed by atoms with Gasteiger partial charge in [-0.2, -0.15) is 0 Å². The van der Waals surface area contributed by atoms with Crippen LogP contribution in [0.2, 0.25) is 5.02 Å². The van der Waals surface area contributed by atoms with E-state index < -0.39 is 0 Å².